The van der Waals surface area contributed by atoms with Crippen LogP contribution in [0.4, 0.5) is 0 Å². The number of likely N-dealkylation sites (tertiary alicyclic amines) is 1. The first-order valence-electron chi connectivity index (χ1n) is 7.77. The van der Waals surface area contributed by atoms with Gasteiger partial charge in [-0.05, 0) is 51.1 Å². The van der Waals surface area contributed by atoms with E-state index in [1.54, 1.807) is 0 Å². The van der Waals surface area contributed by atoms with E-state index < -0.39 is 0 Å². The molecule has 1 aliphatic rings. The summed E-state index contributed by atoms with van der Waals surface area (Å²) in [6.45, 7) is 14.5. The van der Waals surface area contributed by atoms with Crippen molar-refractivity contribution in [1.82, 2.24) is 10.2 Å². The monoisotopic (exact) mass is 256 g/mol. The third-order valence-corrected chi connectivity index (χ3v) is 4.47. The Morgan fingerprint density at radius 1 is 1.17 bits per heavy atom. The molecule has 0 spiro atoms. The summed E-state index contributed by atoms with van der Waals surface area (Å²) in [5.41, 5.74) is 0.620. The predicted octanol–water partition coefficient (Wildman–Crippen LogP) is 2.51. The number of ether oxygens (including phenoxy) is 1. The maximum absolute atomic E-state index is 5.32. The molecule has 0 saturated carbocycles. The second kappa shape index (κ2) is 8.89. The number of nitrogens with one attached hydrogen (secondary N) is 1. The molecule has 3 nitrogen and oxygen atoms in total. The van der Waals surface area contributed by atoms with Crippen molar-refractivity contribution in [1.29, 1.82) is 0 Å². The van der Waals surface area contributed by atoms with E-state index in [9.17, 15) is 0 Å². The van der Waals surface area contributed by atoms with Crippen LogP contribution in [0.5, 0.6) is 0 Å². The molecule has 0 unspecified atom stereocenters. The molecule has 0 aliphatic carbocycles. The molecule has 1 aliphatic heterocycles. The Morgan fingerprint density at radius 2 is 1.94 bits per heavy atom. The van der Waals surface area contributed by atoms with Crippen LogP contribution in [0.1, 0.15) is 46.5 Å². The van der Waals surface area contributed by atoms with E-state index in [-0.39, 0.29) is 0 Å². The fourth-order valence-corrected chi connectivity index (χ4v) is 2.85. The molecule has 1 rings (SSSR count). The van der Waals surface area contributed by atoms with Crippen LogP contribution in [0.25, 0.3) is 0 Å². The molecule has 0 aromatic carbocycles. The summed E-state index contributed by atoms with van der Waals surface area (Å²) in [4.78, 5) is 2.63. The minimum Gasteiger partial charge on any atom is -0.382 e. The van der Waals surface area contributed by atoms with Crippen molar-refractivity contribution in [2.75, 3.05) is 45.9 Å². The molecule has 108 valence electrons. The molecule has 3 heteroatoms. The van der Waals surface area contributed by atoms with Gasteiger partial charge in [0.15, 0.2) is 0 Å². The van der Waals surface area contributed by atoms with E-state index in [0.29, 0.717) is 5.41 Å². The summed E-state index contributed by atoms with van der Waals surface area (Å²) in [5, 5.41) is 3.51. The minimum atomic E-state index is 0.620. The van der Waals surface area contributed by atoms with Gasteiger partial charge in [0, 0.05) is 32.8 Å². The predicted molar refractivity (Wildman–Crippen MR) is 78.1 cm³/mol. The van der Waals surface area contributed by atoms with Gasteiger partial charge in [-0.3, -0.25) is 0 Å². The van der Waals surface area contributed by atoms with E-state index in [0.717, 1.165) is 32.7 Å². The minimum absolute atomic E-state index is 0.620. The highest BCUT2D eigenvalue weighted by atomic mass is 16.5. The molecule has 1 fully saturated rings. The van der Waals surface area contributed by atoms with Gasteiger partial charge < -0.3 is 15.0 Å². The lowest BCUT2D eigenvalue weighted by atomic mass is 9.82. The van der Waals surface area contributed by atoms with Gasteiger partial charge in [-0.1, -0.05) is 13.8 Å². The summed E-state index contributed by atoms with van der Waals surface area (Å²) in [7, 11) is 0. The summed E-state index contributed by atoms with van der Waals surface area (Å²) in [6.07, 6.45) is 5.19. The number of hydrogen-bond donors (Lipinski definition) is 1. The van der Waals surface area contributed by atoms with Crippen LogP contribution in [-0.2, 0) is 4.74 Å². The fourth-order valence-electron chi connectivity index (χ4n) is 2.85. The Balaban J connectivity index is 2.01. The van der Waals surface area contributed by atoms with Crippen molar-refractivity contribution in [3.63, 3.8) is 0 Å². The standard InChI is InChI=1S/C15H32N2O/c1-4-15(5-2)8-11-17(14-15)12-10-16-9-7-13-18-6-3/h16H,4-14H2,1-3H3. The molecule has 0 atom stereocenters. The molecule has 0 amide bonds. The average Bonchev–Trinajstić information content (AvgIpc) is 2.82. The van der Waals surface area contributed by atoms with Crippen LogP contribution >= 0.6 is 0 Å². The Labute approximate surface area is 113 Å². The summed E-state index contributed by atoms with van der Waals surface area (Å²) in [6, 6.07) is 0. The summed E-state index contributed by atoms with van der Waals surface area (Å²) in [5.74, 6) is 0. The zero-order valence-electron chi connectivity index (χ0n) is 12.6. The smallest absolute Gasteiger partial charge is 0.0477 e. The van der Waals surface area contributed by atoms with Crippen molar-refractivity contribution >= 4 is 0 Å². The van der Waals surface area contributed by atoms with E-state index in [4.69, 9.17) is 4.74 Å². The Morgan fingerprint density at radius 3 is 2.56 bits per heavy atom. The average molecular weight is 256 g/mol. The molecule has 0 aromatic rings. The molecule has 0 radical (unpaired) electrons. The lowest BCUT2D eigenvalue weighted by molar-refractivity contribution is 0.144. The number of rotatable bonds is 10. The molecule has 1 heterocycles. The quantitative estimate of drug-likeness (QED) is 0.608. The van der Waals surface area contributed by atoms with Gasteiger partial charge in [0.2, 0.25) is 0 Å². The van der Waals surface area contributed by atoms with Crippen LogP contribution < -0.4 is 5.32 Å². The first-order valence-corrected chi connectivity index (χ1v) is 7.77. The molecule has 0 bridgehead atoms. The van der Waals surface area contributed by atoms with Crippen molar-refractivity contribution in [3.8, 4) is 0 Å². The molecule has 1 saturated heterocycles. The SMILES string of the molecule is CCOCCCNCCN1CCC(CC)(CC)C1. The summed E-state index contributed by atoms with van der Waals surface area (Å²) >= 11 is 0. The first kappa shape index (κ1) is 15.9. The van der Waals surface area contributed by atoms with Crippen LogP contribution in [0.15, 0.2) is 0 Å². The van der Waals surface area contributed by atoms with E-state index in [1.165, 1.54) is 38.9 Å². The third-order valence-electron chi connectivity index (χ3n) is 4.47. The van der Waals surface area contributed by atoms with E-state index in [2.05, 4.69) is 31.0 Å². The second-order valence-corrected chi connectivity index (χ2v) is 5.53. The molecular weight excluding hydrogens is 224 g/mol. The van der Waals surface area contributed by atoms with Crippen molar-refractivity contribution in [3.05, 3.63) is 0 Å². The largest absolute Gasteiger partial charge is 0.382 e. The van der Waals surface area contributed by atoms with Crippen molar-refractivity contribution < 1.29 is 4.74 Å². The summed E-state index contributed by atoms with van der Waals surface area (Å²) < 4.78 is 5.32. The van der Waals surface area contributed by atoms with Crippen LogP contribution in [0.2, 0.25) is 0 Å². The maximum Gasteiger partial charge on any atom is 0.0477 e. The van der Waals surface area contributed by atoms with Gasteiger partial charge in [0.1, 0.15) is 0 Å². The highest BCUT2D eigenvalue weighted by Gasteiger charge is 2.34. The fraction of sp³-hybridized carbons (Fsp3) is 1.00. The Hall–Kier alpha value is -0.120. The van der Waals surface area contributed by atoms with Gasteiger partial charge in [0.05, 0.1) is 0 Å². The second-order valence-electron chi connectivity index (χ2n) is 5.53. The Bertz CT molecular complexity index is 205. The lowest BCUT2D eigenvalue weighted by Gasteiger charge is -2.26. The van der Waals surface area contributed by atoms with Crippen LogP contribution in [-0.4, -0.2) is 50.8 Å². The van der Waals surface area contributed by atoms with E-state index in [1.807, 2.05) is 0 Å². The Kier molecular flexibility index (Phi) is 7.87. The highest BCUT2D eigenvalue weighted by Crippen LogP contribution is 2.36. The van der Waals surface area contributed by atoms with Crippen LogP contribution in [0.3, 0.4) is 0 Å². The number of hydrogen-bond acceptors (Lipinski definition) is 3. The molecule has 0 aromatic heterocycles. The van der Waals surface area contributed by atoms with Gasteiger partial charge in [-0.25, -0.2) is 0 Å². The number of nitrogens with zero attached hydrogens (tertiary/aromatic N) is 1. The molecule has 18 heavy (non-hydrogen) atoms. The van der Waals surface area contributed by atoms with Crippen molar-refractivity contribution in [2.45, 2.75) is 46.5 Å². The molecule has 1 N–H and O–H groups in total. The van der Waals surface area contributed by atoms with Gasteiger partial charge in [0.25, 0.3) is 0 Å². The van der Waals surface area contributed by atoms with Crippen molar-refractivity contribution in [2.24, 2.45) is 5.41 Å². The molecular formula is C15H32N2O. The zero-order valence-corrected chi connectivity index (χ0v) is 12.6. The zero-order chi connectivity index (χ0) is 13.3. The van der Waals surface area contributed by atoms with Gasteiger partial charge in [-0.15, -0.1) is 0 Å². The normalized spacial score (nSPS) is 19.5. The highest BCUT2D eigenvalue weighted by molar-refractivity contribution is 4.87. The topological polar surface area (TPSA) is 24.5 Å². The third kappa shape index (κ3) is 5.25. The van der Waals surface area contributed by atoms with E-state index >= 15 is 0 Å². The maximum atomic E-state index is 5.32. The van der Waals surface area contributed by atoms with Crippen LogP contribution in [0, 0.1) is 5.41 Å². The van der Waals surface area contributed by atoms with Gasteiger partial charge >= 0.3 is 0 Å². The first-order chi connectivity index (χ1) is 8.76. The van der Waals surface area contributed by atoms with Gasteiger partial charge in [-0.2, -0.15) is 0 Å². The lowest BCUT2D eigenvalue weighted by Crippen LogP contribution is -2.33.